The number of nitrogens with zero attached hydrogens (tertiary/aromatic N) is 1. The van der Waals surface area contributed by atoms with Gasteiger partial charge in [-0.2, -0.15) is 0 Å². The molecule has 0 aliphatic rings. The van der Waals surface area contributed by atoms with Crippen LogP contribution in [0.1, 0.15) is 103 Å². The highest BCUT2D eigenvalue weighted by atomic mass is 16.4. The van der Waals surface area contributed by atoms with Gasteiger partial charge >= 0.3 is 5.97 Å². The number of carbonyl (C=O) groups is 1. The summed E-state index contributed by atoms with van der Waals surface area (Å²) in [5, 5.41) is 21.0. The highest BCUT2D eigenvalue weighted by Gasteiger charge is 2.02. The van der Waals surface area contributed by atoms with Crippen LogP contribution in [-0.4, -0.2) is 22.0 Å². The van der Waals surface area contributed by atoms with E-state index in [2.05, 4.69) is 12.1 Å². The van der Waals surface area contributed by atoms with Gasteiger partial charge in [0.05, 0.1) is 5.71 Å². The van der Waals surface area contributed by atoms with Crippen molar-refractivity contribution in [3.05, 3.63) is 0 Å². The fraction of sp³-hybridized carbons (Fsp3) is 0.889. The van der Waals surface area contributed by atoms with Crippen LogP contribution in [0.4, 0.5) is 0 Å². The second kappa shape index (κ2) is 16.3. The van der Waals surface area contributed by atoms with E-state index in [9.17, 15) is 4.79 Å². The molecule has 22 heavy (non-hydrogen) atoms. The molecular formula is C18H35NO3. The number of carboxylic acids is 1. The van der Waals surface area contributed by atoms with E-state index < -0.39 is 5.97 Å². The van der Waals surface area contributed by atoms with Crippen LogP contribution < -0.4 is 0 Å². The standard InChI is InChI=1S/C18H35NO3/c1-2-3-4-5-8-11-14-17(19-22)15-12-9-6-7-10-13-16-18(20)21/h22H,2-16H2,1H3,(H,20,21). The number of aliphatic carboxylic acids is 1. The first kappa shape index (κ1) is 20.9. The molecule has 4 nitrogen and oxygen atoms in total. The molecule has 0 aliphatic carbocycles. The Hall–Kier alpha value is -1.06. The largest absolute Gasteiger partial charge is 0.481 e. The maximum absolute atomic E-state index is 10.4. The number of oxime groups is 1. The zero-order valence-corrected chi connectivity index (χ0v) is 14.4. The van der Waals surface area contributed by atoms with Crippen molar-refractivity contribution in [2.24, 2.45) is 5.16 Å². The lowest BCUT2D eigenvalue weighted by atomic mass is 10.0. The van der Waals surface area contributed by atoms with Crippen molar-refractivity contribution in [3.8, 4) is 0 Å². The molecular weight excluding hydrogens is 278 g/mol. The molecule has 0 saturated carbocycles. The zero-order valence-electron chi connectivity index (χ0n) is 14.4. The average Bonchev–Trinajstić information content (AvgIpc) is 2.50. The Morgan fingerprint density at radius 1 is 0.727 bits per heavy atom. The molecule has 0 rings (SSSR count). The van der Waals surface area contributed by atoms with Gasteiger partial charge < -0.3 is 10.3 Å². The molecule has 0 aromatic heterocycles. The summed E-state index contributed by atoms with van der Waals surface area (Å²) < 4.78 is 0. The van der Waals surface area contributed by atoms with Crippen molar-refractivity contribution >= 4 is 11.7 Å². The molecule has 4 heteroatoms. The summed E-state index contributed by atoms with van der Waals surface area (Å²) >= 11 is 0. The number of unbranched alkanes of at least 4 members (excludes halogenated alkanes) is 10. The molecule has 0 saturated heterocycles. The lowest BCUT2D eigenvalue weighted by molar-refractivity contribution is -0.137. The Labute approximate surface area is 136 Å². The number of hydrogen-bond acceptors (Lipinski definition) is 3. The van der Waals surface area contributed by atoms with E-state index in [-0.39, 0.29) is 0 Å². The smallest absolute Gasteiger partial charge is 0.303 e. The molecule has 0 atom stereocenters. The summed E-state index contributed by atoms with van der Waals surface area (Å²) in [6.45, 7) is 2.22. The van der Waals surface area contributed by atoms with Crippen molar-refractivity contribution in [1.29, 1.82) is 0 Å². The Morgan fingerprint density at radius 3 is 1.55 bits per heavy atom. The predicted molar refractivity (Wildman–Crippen MR) is 91.8 cm³/mol. The normalized spacial score (nSPS) is 11.8. The molecule has 0 heterocycles. The van der Waals surface area contributed by atoms with E-state index in [4.69, 9.17) is 10.3 Å². The van der Waals surface area contributed by atoms with Gasteiger partial charge in [0.2, 0.25) is 0 Å². The lowest BCUT2D eigenvalue weighted by Gasteiger charge is -2.05. The maximum atomic E-state index is 10.4. The molecule has 0 amide bonds. The Kier molecular flexibility index (Phi) is 15.5. The fourth-order valence-corrected chi connectivity index (χ4v) is 2.65. The van der Waals surface area contributed by atoms with Gasteiger partial charge in [-0.15, -0.1) is 0 Å². The van der Waals surface area contributed by atoms with Gasteiger partial charge in [0.1, 0.15) is 0 Å². The highest BCUT2D eigenvalue weighted by Crippen LogP contribution is 2.12. The van der Waals surface area contributed by atoms with Crippen LogP contribution in [0.15, 0.2) is 5.16 Å². The lowest BCUT2D eigenvalue weighted by Crippen LogP contribution is -1.99. The fourth-order valence-electron chi connectivity index (χ4n) is 2.65. The second-order valence-electron chi connectivity index (χ2n) is 6.20. The quantitative estimate of drug-likeness (QED) is 0.164. The van der Waals surface area contributed by atoms with Crippen molar-refractivity contribution in [1.82, 2.24) is 0 Å². The highest BCUT2D eigenvalue weighted by molar-refractivity contribution is 5.83. The molecule has 0 aromatic rings. The third-order valence-corrected chi connectivity index (χ3v) is 4.07. The van der Waals surface area contributed by atoms with E-state index in [1.54, 1.807) is 0 Å². The van der Waals surface area contributed by atoms with Crippen LogP contribution in [-0.2, 0) is 4.79 Å². The van der Waals surface area contributed by atoms with Gasteiger partial charge in [-0.3, -0.25) is 4.79 Å². The van der Waals surface area contributed by atoms with Gasteiger partial charge in [-0.05, 0) is 32.1 Å². The monoisotopic (exact) mass is 313 g/mol. The summed E-state index contributed by atoms with van der Waals surface area (Å²) in [6.07, 6.45) is 16.0. The topological polar surface area (TPSA) is 69.9 Å². The van der Waals surface area contributed by atoms with Crippen molar-refractivity contribution in [2.45, 2.75) is 103 Å². The molecule has 0 unspecified atom stereocenters. The van der Waals surface area contributed by atoms with Crippen LogP contribution in [0.25, 0.3) is 0 Å². The maximum Gasteiger partial charge on any atom is 0.303 e. The minimum atomic E-state index is -0.696. The number of hydrogen-bond donors (Lipinski definition) is 2. The molecule has 0 bridgehead atoms. The summed E-state index contributed by atoms with van der Waals surface area (Å²) in [5.74, 6) is -0.696. The first-order chi connectivity index (χ1) is 10.7. The third kappa shape index (κ3) is 15.3. The molecule has 0 spiro atoms. The van der Waals surface area contributed by atoms with Gasteiger partial charge in [-0.1, -0.05) is 69.9 Å². The van der Waals surface area contributed by atoms with Crippen LogP contribution in [0.3, 0.4) is 0 Å². The van der Waals surface area contributed by atoms with Gasteiger partial charge in [0.25, 0.3) is 0 Å². The summed E-state index contributed by atoms with van der Waals surface area (Å²) in [7, 11) is 0. The molecule has 0 aliphatic heterocycles. The number of carboxylic acid groups (broad SMARTS) is 1. The minimum absolute atomic E-state index is 0.291. The average molecular weight is 313 g/mol. The molecule has 0 fully saturated rings. The van der Waals surface area contributed by atoms with Gasteiger partial charge in [0.15, 0.2) is 0 Å². The Bertz CT molecular complexity index is 290. The van der Waals surface area contributed by atoms with Crippen molar-refractivity contribution in [2.75, 3.05) is 0 Å². The van der Waals surface area contributed by atoms with Crippen LogP contribution in [0, 0.1) is 0 Å². The molecule has 0 radical (unpaired) electrons. The molecule has 0 aromatic carbocycles. The SMILES string of the molecule is CCCCCCCCC(CCCCCCCCC(=O)O)=NO. The summed E-state index contributed by atoms with van der Waals surface area (Å²) in [5.41, 5.74) is 0.946. The van der Waals surface area contributed by atoms with Crippen molar-refractivity contribution in [3.63, 3.8) is 0 Å². The van der Waals surface area contributed by atoms with Crippen LogP contribution >= 0.6 is 0 Å². The van der Waals surface area contributed by atoms with E-state index in [0.29, 0.717) is 6.42 Å². The molecule has 2 N–H and O–H groups in total. The van der Waals surface area contributed by atoms with E-state index in [0.717, 1.165) is 63.5 Å². The number of rotatable bonds is 16. The van der Waals surface area contributed by atoms with Crippen molar-refractivity contribution < 1.29 is 15.1 Å². The summed E-state index contributed by atoms with van der Waals surface area (Å²) in [4.78, 5) is 10.4. The van der Waals surface area contributed by atoms with Crippen LogP contribution in [0.2, 0.25) is 0 Å². The van der Waals surface area contributed by atoms with E-state index in [1.165, 1.54) is 32.1 Å². The first-order valence-electron chi connectivity index (χ1n) is 9.12. The Morgan fingerprint density at radius 2 is 1.14 bits per heavy atom. The first-order valence-corrected chi connectivity index (χ1v) is 9.12. The van der Waals surface area contributed by atoms with Gasteiger partial charge in [-0.25, -0.2) is 0 Å². The van der Waals surface area contributed by atoms with Gasteiger partial charge in [0, 0.05) is 6.42 Å². The predicted octanol–water partition coefficient (Wildman–Crippen LogP) is 5.77. The Balaban J connectivity index is 3.37. The minimum Gasteiger partial charge on any atom is -0.481 e. The second-order valence-corrected chi connectivity index (χ2v) is 6.20. The van der Waals surface area contributed by atoms with Crippen LogP contribution in [0.5, 0.6) is 0 Å². The zero-order chi connectivity index (χ0) is 16.5. The van der Waals surface area contributed by atoms with E-state index >= 15 is 0 Å². The third-order valence-electron chi connectivity index (χ3n) is 4.07. The van der Waals surface area contributed by atoms with E-state index in [1.807, 2.05) is 0 Å². The summed E-state index contributed by atoms with van der Waals surface area (Å²) in [6, 6.07) is 0. The molecule has 130 valence electrons.